The minimum Gasteiger partial charge on any atom is -0.454 e. The molecule has 0 radical (unpaired) electrons. The van der Waals surface area contributed by atoms with E-state index in [0.29, 0.717) is 11.1 Å². The minimum absolute atomic E-state index is 0.139. The highest BCUT2D eigenvalue weighted by molar-refractivity contribution is 6.10. The molecule has 23 heavy (non-hydrogen) atoms. The fraction of sp³-hybridized carbons (Fsp3) is 0. The van der Waals surface area contributed by atoms with Crippen molar-refractivity contribution in [2.75, 3.05) is 0 Å². The highest BCUT2D eigenvalue weighted by Gasteiger charge is 2.16. The number of para-hydroxylation sites is 1. The van der Waals surface area contributed by atoms with Gasteiger partial charge in [-0.05, 0) is 24.3 Å². The summed E-state index contributed by atoms with van der Waals surface area (Å²) < 4.78 is 32.2. The van der Waals surface area contributed by atoms with Crippen LogP contribution in [0, 0.1) is 11.6 Å². The number of rotatable bonds is 4. The number of hydrogen-bond donors (Lipinski definition) is 0. The van der Waals surface area contributed by atoms with Crippen LogP contribution in [0.2, 0.25) is 0 Å². The van der Waals surface area contributed by atoms with Crippen LogP contribution in [0.15, 0.2) is 72.8 Å². The van der Waals surface area contributed by atoms with Gasteiger partial charge in [-0.1, -0.05) is 42.5 Å². The van der Waals surface area contributed by atoms with E-state index in [0.717, 1.165) is 12.1 Å². The molecule has 0 N–H and O–H groups in total. The smallest absolute Gasteiger partial charge is 0.196 e. The molecule has 3 aromatic carbocycles. The predicted molar refractivity (Wildman–Crippen MR) is 82.7 cm³/mol. The van der Waals surface area contributed by atoms with E-state index >= 15 is 0 Å². The fourth-order valence-electron chi connectivity index (χ4n) is 2.16. The fourth-order valence-corrected chi connectivity index (χ4v) is 2.16. The summed E-state index contributed by atoms with van der Waals surface area (Å²) in [7, 11) is 0. The second-order valence-electron chi connectivity index (χ2n) is 4.87. The topological polar surface area (TPSA) is 26.3 Å². The predicted octanol–water partition coefficient (Wildman–Crippen LogP) is 4.99. The van der Waals surface area contributed by atoms with Gasteiger partial charge in [0, 0.05) is 11.6 Å². The van der Waals surface area contributed by atoms with Crippen LogP contribution in [0.5, 0.6) is 11.5 Å². The van der Waals surface area contributed by atoms with E-state index < -0.39 is 11.6 Å². The quantitative estimate of drug-likeness (QED) is 0.635. The Bertz CT molecular complexity index is 845. The molecule has 0 fully saturated rings. The van der Waals surface area contributed by atoms with Crippen LogP contribution < -0.4 is 4.74 Å². The van der Waals surface area contributed by atoms with Gasteiger partial charge in [-0.3, -0.25) is 4.79 Å². The van der Waals surface area contributed by atoms with Gasteiger partial charge in [0.1, 0.15) is 11.6 Å². The van der Waals surface area contributed by atoms with Gasteiger partial charge in [0.05, 0.1) is 5.56 Å². The minimum atomic E-state index is -0.827. The lowest BCUT2D eigenvalue weighted by molar-refractivity contribution is 0.103. The molecule has 0 amide bonds. The Labute approximate surface area is 132 Å². The summed E-state index contributed by atoms with van der Waals surface area (Å²) in [6.07, 6.45) is 0. The van der Waals surface area contributed by atoms with Gasteiger partial charge in [0.2, 0.25) is 0 Å². The molecule has 0 aliphatic rings. The number of ketones is 1. The number of halogens is 2. The first-order valence-corrected chi connectivity index (χ1v) is 6.97. The zero-order chi connectivity index (χ0) is 16.2. The maximum atomic E-state index is 13.7. The number of benzene rings is 3. The van der Waals surface area contributed by atoms with E-state index in [9.17, 15) is 13.6 Å². The molecular weight excluding hydrogens is 298 g/mol. The SMILES string of the molecule is O=C(c1ccccc1)c1ccccc1Oc1ccc(F)cc1F. The Balaban J connectivity index is 1.97. The zero-order valence-corrected chi connectivity index (χ0v) is 12.0. The summed E-state index contributed by atoms with van der Waals surface area (Å²) in [4.78, 5) is 12.6. The molecule has 114 valence electrons. The van der Waals surface area contributed by atoms with E-state index in [1.54, 1.807) is 48.5 Å². The third-order valence-electron chi connectivity index (χ3n) is 3.28. The average Bonchev–Trinajstić information content (AvgIpc) is 2.58. The summed E-state index contributed by atoms with van der Waals surface area (Å²) in [6.45, 7) is 0. The van der Waals surface area contributed by atoms with Crippen LogP contribution in [-0.4, -0.2) is 5.78 Å². The molecule has 2 nitrogen and oxygen atoms in total. The molecule has 0 unspecified atom stereocenters. The van der Waals surface area contributed by atoms with Crippen molar-refractivity contribution in [1.82, 2.24) is 0 Å². The van der Waals surface area contributed by atoms with E-state index in [1.165, 1.54) is 6.07 Å². The number of ether oxygens (including phenoxy) is 1. The molecule has 0 aromatic heterocycles. The number of carbonyl (C=O) groups is 1. The molecule has 3 rings (SSSR count). The normalized spacial score (nSPS) is 10.3. The second kappa shape index (κ2) is 6.40. The van der Waals surface area contributed by atoms with Crippen LogP contribution >= 0.6 is 0 Å². The lowest BCUT2D eigenvalue weighted by Crippen LogP contribution is -2.03. The Morgan fingerprint density at radius 1 is 0.783 bits per heavy atom. The first-order valence-electron chi connectivity index (χ1n) is 6.97. The van der Waals surface area contributed by atoms with E-state index in [1.807, 2.05) is 6.07 Å². The van der Waals surface area contributed by atoms with E-state index in [4.69, 9.17) is 4.74 Å². The average molecular weight is 310 g/mol. The van der Waals surface area contributed by atoms with Crippen LogP contribution in [0.3, 0.4) is 0 Å². The van der Waals surface area contributed by atoms with Crippen molar-refractivity contribution < 1.29 is 18.3 Å². The van der Waals surface area contributed by atoms with Crippen LogP contribution in [-0.2, 0) is 0 Å². The molecular formula is C19H12F2O2. The lowest BCUT2D eigenvalue weighted by Gasteiger charge is -2.11. The van der Waals surface area contributed by atoms with Crippen LogP contribution in [0.4, 0.5) is 8.78 Å². The van der Waals surface area contributed by atoms with Crippen molar-refractivity contribution >= 4 is 5.78 Å². The van der Waals surface area contributed by atoms with Crippen molar-refractivity contribution in [2.45, 2.75) is 0 Å². The van der Waals surface area contributed by atoms with Gasteiger partial charge < -0.3 is 4.74 Å². The molecule has 0 bridgehead atoms. The van der Waals surface area contributed by atoms with Gasteiger partial charge in [-0.15, -0.1) is 0 Å². The van der Waals surface area contributed by atoms with Gasteiger partial charge in [0.25, 0.3) is 0 Å². The molecule has 3 aromatic rings. The highest BCUT2D eigenvalue weighted by atomic mass is 19.1. The molecule has 0 aliphatic heterocycles. The Morgan fingerprint density at radius 3 is 2.22 bits per heavy atom. The maximum absolute atomic E-state index is 13.7. The van der Waals surface area contributed by atoms with Gasteiger partial charge in [0.15, 0.2) is 17.3 Å². The number of carbonyl (C=O) groups excluding carboxylic acids is 1. The first-order chi connectivity index (χ1) is 11.1. The van der Waals surface area contributed by atoms with Crippen molar-refractivity contribution in [3.05, 3.63) is 95.6 Å². The third kappa shape index (κ3) is 3.26. The lowest BCUT2D eigenvalue weighted by atomic mass is 10.0. The molecule has 0 spiro atoms. The van der Waals surface area contributed by atoms with Crippen molar-refractivity contribution in [3.8, 4) is 11.5 Å². The molecule has 4 heteroatoms. The first kappa shape index (κ1) is 14.9. The highest BCUT2D eigenvalue weighted by Crippen LogP contribution is 2.29. The Hall–Kier alpha value is -3.01. The van der Waals surface area contributed by atoms with Crippen molar-refractivity contribution in [2.24, 2.45) is 0 Å². The van der Waals surface area contributed by atoms with Crippen molar-refractivity contribution in [3.63, 3.8) is 0 Å². The molecule has 0 saturated carbocycles. The van der Waals surface area contributed by atoms with Crippen LogP contribution in [0.1, 0.15) is 15.9 Å². The van der Waals surface area contributed by atoms with Gasteiger partial charge >= 0.3 is 0 Å². The Morgan fingerprint density at radius 2 is 1.48 bits per heavy atom. The standard InChI is InChI=1S/C19H12F2O2/c20-14-10-11-18(16(21)12-14)23-17-9-5-4-8-15(17)19(22)13-6-2-1-3-7-13/h1-12H. The summed E-state index contributed by atoms with van der Waals surface area (Å²) in [5.41, 5.74) is 0.811. The monoisotopic (exact) mass is 310 g/mol. The zero-order valence-electron chi connectivity index (χ0n) is 12.0. The molecule has 0 saturated heterocycles. The Kier molecular flexibility index (Phi) is 4.15. The molecule has 0 aliphatic carbocycles. The van der Waals surface area contributed by atoms with E-state index in [2.05, 4.69) is 0 Å². The largest absolute Gasteiger partial charge is 0.454 e. The van der Waals surface area contributed by atoms with E-state index in [-0.39, 0.29) is 17.3 Å². The van der Waals surface area contributed by atoms with Gasteiger partial charge in [-0.2, -0.15) is 0 Å². The molecule has 0 heterocycles. The van der Waals surface area contributed by atoms with Gasteiger partial charge in [-0.25, -0.2) is 8.78 Å². The summed E-state index contributed by atoms with van der Waals surface area (Å²) in [5.74, 6) is -1.68. The number of hydrogen-bond acceptors (Lipinski definition) is 2. The third-order valence-corrected chi connectivity index (χ3v) is 3.28. The summed E-state index contributed by atoms with van der Waals surface area (Å²) in [5, 5.41) is 0. The maximum Gasteiger partial charge on any atom is 0.196 e. The summed E-state index contributed by atoms with van der Waals surface area (Å²) >= 11 is 0. The second-order valence-corrected chi connectivity index (χ2v) is 4.87. The van der Waals surface area contributed by atoms with Crippen LogP contribution in [0.25, 0.3) is 0 Å². The van der Waals surface area contributed by atoms with Crippen molar-refractivity contribution in [1.29, 1.82) is 0 Å². The molecule has 0 atom stereocenters. The summed E-state index contributed by atoms with van der Waals surface area (Å²) in [6, 6.07) is 18.3.